The van der Waals surface area contributed by atoms with Gasteiger partial charge < -0.3 is 24.7 Å². The number of ether oxygens (including phenoxy) is 1. The average molecular weight is 458 g/mol. The van der Waals surface area contributed by atoms with Crippen LogP contribution in [-0.4, -0.2) is 73.6 Å². The molecule has 2 saturated heterocycles. The summed E-state index contributed by atoms with van der Waals surface area (Å²) >= 11 is 0. The van der Waals surface area contributed by atoms with Crippen molar-refractivity contribution in [3.8, 4) is 0 Å². The highest BCUT2D eigenvalue weighted by Crippen LogP contribution is 2.41. The summed E-state index contributed by atoms with van der Waals surface area (Å²) in [4.78, 5) is 16.5. The van der Waals surface area contributed by atoms with E-state index in [9.17, 15) is 23.8 Å². The lowest BCUT2D eigenvalue weighted by Crippen LogP contribution is -2.61. The monoisotopic (exact) mass is 458 g/mol. The van der Waals surface area contributed by atoms with E-state index in [1.807, 2.05) is 13.8 Å². The predicted octanol–water partition coefficient (Wildman–Crippen LogP) is 2.02. The molecule has 5 rings (SSSR count). The van der Waals surface area contributed by atoms with Crippen molar-refractivity contribution < 1.29 is 28.5 Å². The molecule has 33 heavy (non-hydrogen) atoms. The molecule has 1 unspecified atom stereocenters. The Morgan fingerprint density at radius 3 is 2.82 bits per heavy atom. The molecule has 0 spiro atoms. The van der Waals surface area contributed by atoms with Crippen LogP contribution in [0.5, 0.6) is 0 Å². The zero-order valence-electron chi connectivity index (χ0n) is 18.2. The standard InChI is InChI=1S/C23H24F2N4O4/c1-12(2)28-9-16-10-33-11-18-19(21(30)22(31)20(23(28)32)29(16)18)14-6-26-27(8-14)7-13-3-4-15(24)5-17(13)25/h3-6,8,12,16,21,30-31H,7,9-11H2,1-2H3/t16-,21?/m1/s1. The summed E-state index contributed by atoms with van der Waals surface area (Å²) in [6.45, 7) is 4.82. The number of piperazine rings is 1. The van der Waals surface area contributed by atoms with Gasteiger partial charge in [0.25, 0.3) is 5.91 Å². The van der Waals surface area contributed by atoms with Crippen molar-refractivity contribution in [1.29, 1.82) is 0 Å². The van der Waals surface area contributed by atoms with E-state index in [0.29, 0.717) is 30.0 Å². The third-order valence-corrected chi connectivity index (χ3v) is 6.32. The Morgan fingerprint density at radius 2 is 2.09 bits per heavy atom. The molecule has 2 fully saturated rings. The number of aromatic nitrogens is 2. The van der Waals surface area contributed by atoms with Crippen molar-refractivity contribution in [3.63, 3.8) is 0 Å². The van der Waals surface area contributed by atoms with Gasteiger partial charge in [-0.2, -0.15) is 5.10 Å². The van der Waals surface area contributed by atoms with Crippen LogP contribution in [0, 0.1) is 11.6 Å². The second-order valence-corrected chi connectivity index (χ2v) is 8.75. The maximum atomic E-state index is 14.1. The highest BCUT2D eigenvalue weighted by Gasteiger charge is 2.48. The molecule has 174 valence electrons. The van der Waals surface area contributed by atoms with E-state index in [1.54, 1.807) is 16.0 Å². The van der Waals surface area contributed by atoms with Crippen molar-refractivity contribution in [1.82, 2.24) is 19.6 Å². The number of carbonyl (C=O) groups is 1. The minimum absolute atomic E-state index is 0.0581. The highest BCUT2D eigenvalue weighted by atomic mass is 19.1. The third-order valence-electron chi connectivity index (χ3n) is 6.32. The maximum absolute atomic E-state index is 14.1. The lowest BCUT2D eigenvalue weighted by atomic mass is 9.90. The fourth-order valence-electron chi connectivity index (χ4n) is 4.70. The van der Waals surface area contributed by atoms with E-state index < -0.39 is 23.5 Å². The number of benzene rings is 1. The second kappa shape index (κ2) is 7.96. The summed E-state index contributed by atoms with van der Waals surface area (Å²) in [5.74, 6) is -2.08. The van der Waals surface area contributed by atoms with E-state index in [0.717, 1.165) is 6.07 Å². The number of carbonyl (C=O) groups excluding carboxylic acids is 1. The molecule has 2 aromatic rings. The molecule has 0 saturated carbocycles. The number of morpholine rings is 1. The number of rotatable bonds is 4. The Labute approximate surface area is 189 Å². The van der Waals surface area contributed by atoms with Gasteiger partial charge in [0, 0.05) is 41.5 Å². The molecule has 1 amide bonds. The van der Waals surface area contributed by atoms with Gasteiger partial charge in [0.05, 0.1) is 37.7 Å². The molecule has 8 nitrogen and oxygen atoms in total. The molecule has 4 heterocycles. The van der Waals surface area contributed by atoms with Gasteiger partial charge in [0.15, 0.2) is 5.76 Å². The molecule has 0 aliphatic carbocycles. The van der Waals surface area contributed by atoms with Gasteiger partial charge in [-0.3, -0.25) is 9.48 Å². The van der Waals surface area contributed by atoms with E-state index >= 15 is 0 Å². The Bertz CT molecular complexity index is 1190. The fraction of sp³-hybridized carbons (Fsp3) is 0.391. The zero-order chi connectivity index (χ0) is 23.4. The molecular weight excluding hydrogens is 434 g/mol. The van der Waals surface area contributed by atoms with E-state index in [-0.39, 0.29) is 42.4 Å². The van der Waals surface area contributed by atoms with Gasteiger partial charge in [-0.05, 0) is 19.9 Å². The Kier molecular flexibility index (Phi) is 5.21. The van der Waals surface area contributed by atoms with Crippen molar-refractivity contribution >= 4 is 11.5 Å². The molecule has 2 N–H and O–H groups in total. The molecule has 3 aliphatic heterocycles. The van der Waals surface area contributed by atoms with Crippen molar-refractivity contribution in [2.75, 3.05) is 19.8 Å². The Balaban J connectivity index is 1.52. The normalized spacial score (nSPS) is 23.0. The van der Waals surface area contributed by atoms with Crippen molar-refractivity contribution in [2.24, 2.45) is 0 Å². The van der Waals surface area contributed by atoms with Crippen LogP contribution < -0.4 is 0 Å². The van der Waals surface area contributed by atoms with Gasteiger partial charge in [-0.1, -0.05) is 6.07 Å². The van der Waals surface area contributed by atoms with Crippen LogP contribution in [0.2, 0.25) is 0 Å². The summed E-state index contributed by atoms with van der Waals surface area (Å²) in [5.41, 5.74) is 1.83. The van der Waals surface area contributed by atoms with Gasteiger partial charge in [0.2, 0.25) is 0 Å². The smallest absolute Gasteiger partial charge is 0.274 e. The van der Waals surface area contributed by atoms with Crippen LogP contribution in [0.1, 0.15) is 25.0 Å². The zero-order valence-corrected chi connectivity index (χ0v) is 18.2. The van der Waals surface area contributed by atoms with Crippen LogP contribution >= 0.6 is 0 Å². The summed E-state index contributed by atoms with van der Waals surface area (Å²) < 4.78 is 34.5. The minimum atomic E-state index is -1.44. The van der Waals surface area contributed by atoms with Crippen LogP contribution in [0.15, 0.2) is 47.7 Å². The van der Waals surface area contributed by atoms with Gasteiger partial charge in [-0.25, -0.2) is 8.78 Å². The number of hydrogen-bond donors (Lipinski definition) is 2. The summed E-state index contributed by atoms with van der Waals surface area (Å²) in [7, 11) is 0. The first-order valence-electron chi connectivity index (χ1n) is 10.7. The molecule has 1 aromatic heterocycles. The molecule has 10 heteroatoms. The quantitative estimate of drug-likeness (QED) is 0.729. The molecule has 0 bridgehead atoms. The van der Waals surface area contributed by atoms with E-state index in [4.69, 9.17) is 4.74 Å². The third kappa shape index (κ3) is 3.50. The molecule has 1 aromatic carbocycles. The molecule has 2 atom stereocenters. The minimum Gasteiger partial charge on any atom is -0.507 e. The lowest BCUT2D eigenvalue weighted by Gasteiger charge is -2.50. The van der Waals surface area contributed by atoms with E-state index in [2.05, 4.69) is 5.10 Å². The Morgan fingerprint density at radius 1 is 1.30 bits per heavy atom. The van der Waals surface area contributed by atoms with Crippen molar-refractivity contribution in [3.05, 3.63) is 70.5 Å². The SMILES string of the molecule is CC(C)N1C[C@@H]2COCC3=C(c4cnn(Cc5ccc(F)cc5F)c4)C(O)C(O)=C(C1=O)N32. The van der Waals surface area contributed by atoms with Gasteiger partial charge in [-0.15, -0.1) is 0 Å². The molecule has 3 aliphatic rings. The topological polar surface area (TPSA) is 91.1 Å². The molecule has 0 radical (unpaired) electrons. The lowest BCUT2D eigenvalue weighted by molar-refractivity contribution is -0.138. The summed E-state index contributed by atoms with van der Waals surface area (Å²) in [6, 6.07) is 3.07. The number of aliphatic hydroxyl groups is 2. The predicted molar refractivity (Wildman–Crippen MR) is 114 cm³/mol. The van der Waals surface area contributed by atoms with Crippen LogP contribution in [-0.2, 0) is 16.1 Å². The van der Waals surface area contributed by atoms with E-state index in [1.165, 1.54) is 23.0 Å². The van der Waals surface area contributed by atoms with Crippen LogP contribution in [0.4, 0.5) is 8.78 Å². The second-order valence-electron chi connectivity index (χ2n) is 8.75. The summed E-state index contributed by atoms with van der Waals surface area (Å²) in [5, 5.41) is 26.1. The number of halogens is 2. The first-order chi connectivity index (χ1) is 15.8. The largest absolute Gasteiger partial charge is 0.507 e. The molecular formula is C23H24F2N4O4. The van der Waals surface area contributed by atoms with Crippen molar-refractivity contribution in [2.45, 2.75) is 38.6 Å². The first kappa shape index (κ1) is 21.6. The maximum Gasteiger partial charge on any atom is 0.274 e. The summed E-state index contributed by atoms with van der Waals surface area (Å²) in [6.07, 6.45) is 1.67. The van der Waals surface area contributed by atoms with Gasteiger partial charge >= 0.3 is 0 Å². The number of amides is 1. The number of hydrogen-bond acceptors (Lipinski definition) is 6. The first-order valence-corrected chi connectivity index (χ1v) is 10.7. The van der Waals surface area contributed by atoms with Crippen LogP contribution in [0.25, 0.3) is 5.57 Å². The number of nitrogens with zero attached hydrogens (tertiary/aromatic N) is 4. The Hall–Kier alpha value is -3.24. The fourth-order valence-corrected chi connectivity index (χ4v) is 4.70. The van der Waals surface area contributed by atoms with Crippen LogP contribution in [0.3, 0.4) is 0 Å². The highest BCUT2D eigenvalue weighted by molar-refractivity contribution is 5.97. The average Bonchev–Trinajstić information content (AvgIpc) is 3.22. The number of aliphatic hydroxyl groups excluding tert-OH is 2. The van der Waals surface area contributed by atoms with Gasteiger partial charge in [0.1, 0.15) is 23.4 Å².